The predicted octanol–water partition coefficient (Wildman–Crippen LogP) is 3.57. The summed E-state index contributed by atoms with van der Waals surface area (Å²) in [5, 5.41) is 20.5. The molecule has 0 bridgehead atoms. The summed E-state index contributed by atoms with van der Waals surface area (Å²) in [6, 6.07) is 19.8. The van der Waals surface area contributed by atoms with Gasteiger partial charge in [0, 0.05) is 31.9 Å². The summed E-state index contributed by atoms with van der Waals surface area (Å²) in [6.45, 7) is 5.34. The Morgan fingerprint density at radius 2 is 1.75 bits per heavy atom. The number of anilines is 1. The van der Waals surface area contributed by atoms with Gasteiger partial charge in [-0.3, -0.25) is 4.90 Å². The van der Waals surface area contributed by atoms with Crippen LogP contribution in [0.15, 0.2) is 60.4 Å². The molecule has 2 N–H and O–H groups in total. The predicted molar refractivity (Wildman–Crippen MR) is 111 cm³/mol. The van der Waals surface area contributed by atoms with Crippen molar-refractivity contribution in [3.8, 4) is 6.07 Å². The number of hydrogen-bond donors (Lipinski definition) is 2. The molecule has 2 heterocycles. The first-order valence-corrected chi connectivity index (χ1v) is 9.50. The van der Waals surface area contributed by atoms with E-state index in [1.54, 1.807) is 0 Å². The zero-order valence-corrected chi connectivity index (χ0v) is 15.8. The summed E-state index contributed by atoms with van der Waals surface area (Å²) < 4.78 is 0. The number of rotatable bonds is 4. The quantitative estimate of drug-likeness (QED) is 0.540. The van der Waals surface area contributed by atoms with Gasteiger partial charge in [0.2, 0.25) is 0 Å². The standard InChI is InChI=1S/C22H23N5O/c1-16(26-11-13-27(14-12-26)17-7-3-2-4-8-17)21(28)18(15-23)22-24-19-9-5-6-10-20(19)25-22/h2-10,16,28H,11-14H2,1H3,(H,24,25)/b21-18-/t16-/m0/s1. The van der Waals surface area contributed by atoms with Gasteiger partial charge < -0.3 is 15.0 Å². The maximum absolute atomic E-state index is 10.8. The highest BCUT2D eigenvalue weighted by molar-refractivity contribution is 5.83. The third-order valence-corrected chi connectivity index (χ3v) is 5.37. The SMILES string of the molecule is C[C@@H](/C(O)=C(\C#N)c1nc2ccccc2[nH]1)N1CCN(c2ccccc2)CC1. The second-order valence-corrected chi connectivity index (χ2v) is 7.01. The Morgan fingerprint density at radius 1 is 1.07 bits per heavy atom. The Bertz CT molecular complexity index is 993. The number of nitriles is 1. The highest BCUT2D eigenvalue weighted by Crippen LogP contribution is 2.23. The van der Waals surface area contributed by atoms with Gasteiger partial charge in [0.25, 0.3) is 0 Å². The highest BCUT2D eigenvalue weighted by atomic mass is 16.3. The zero-order chi connectivity index (χ0) is 19.5. The van der Waals surface area contributed by atoms with E-state index in [-0.39, 0.29) is 17.4 Å². The van der Waals surface area contributed by atoms with Crippen LogP contribution >= 0.6 is 0 Å². The zero-order valence-electron chi connectivity index (χ0n) is 15.8. The monoisotopic (exact) mass is 373 g/mol. The van der Waals surface area contributed by atoms with Crippen molar-refractivity contribution in [2.75, 3.05) is 31.1 Å². The fourth-order valence-electron chi connectivity index (χ4n) is 3.69. The molecule has 0 amide bonds. The van der Waals surface area contributed by atoms with Crippen LogP contribution in [0.5, 0.6) is 0 Å². The third kappa shape index (κ3) is 3.45. The average molecular weight is 373 g/mol. The van der Waals surface area contributed by atoms with Gasteiger partial charge in [0.05, 0.1) is 17.1 Å². The van der Waals surface area contributed by atoms with Crippen LogP contribution in [-0.4, -0.2) is 52.2 Å². The van der Waals surface area contributed by atoms with E-state index >= 15 is 0 Å². The molecular formula is C22H23N5O. The van der Waals surface area contributed by atoms with Crippen LogP contribution in [0.4, 0.5) is 5.69 Å². The van der Waals surface area contributed by atoms with E-state index in [2.05, 4.69) is 38.0 Å². The summed E-state index contributed by atoms with van der Waals surface area (Å²) in [6.07, 6.45) is 0. The number of nitrogens with zero attached hydrogens (tertiary/aromatic N) is 4. The Labute approximate surface area is 164 Å². The number of allylic oxidation sites excluding steroid dienone is 1. The lowest BCUT2D eigenvalue weighted by Gasteiger charge is -2.39. The number of aromatic nitrogens is 2. The number of aliphatic hydroxyl groups is 1. The van der Waals surface area contributed by atoms with Gasteiger partial charge in [-0.15, -0.1) is 0 Å². The molecule has 1 fully saturated rings. The van der Waals surface area contributed by atoms with Gasteiger partial charge >= 0.3 is 0 Å². The molecule has 142 valence electrons. The minimum Gasteiger partial charge on any atom is -0.509 e. The van der Waals surface area contributed by atoms with Gasteiger partial charge in [-0.2, -0.15) is 5.26 Å². The van der Waals surface area contributed by atoms with Crippen molar-refractivity contribution < 1.29 is 5.11 Å². The largest absolute Gasteiger partial charge is 0.509 e. The molecule has 1 saturated heterocycles. The maximum atomic E-state index is 10.8. The number of aliphatic hydroxyl groups excluding tert-OH is 1. The molecule has 28 heavy (non-hydrogen) atoms. The topological polar surface area (TPSA) is 79.2 Å². The number of para-hydroxylation sites is 3. The second kappa shape index (κ2) is 7.75. The molecule has 0 radical (unpaired) electrons. The number of H-pyrrole nitrogens is 1. The molecule has 1 atom stereocenters. The summed E-state index contributed by atoms with van der Waals surface area (Å²) >= 11 is 0. The summed E-state index contributed by atoms with van der Waals surface area (Å²) in [5.74, 6) is 0.477. The number of nitrogens with one attached hydrogen (secondary N) is 1. The van der Waals surface area contributed by atoms with Crippen LogP contribution in [0, 0.1) is 11.3 Å². The minimum absolute atomic E-state index is 0.0646. The Balaban J connectivity index is 1.51. The lowest BCUT2D eigenvalue weighted by molar-refractivity contribution is 0.178. The van der Waals surface area contributed by atoms with Crippen molar-refractivity contribution in [3.63, 3.8) is 0 Å². The third-order valence-electron chi connectivity index (χ3n) is 5.37. The van der Waals surface area contributed by atoms with Crippen LogP contribution in [0.3, 0.4) is 0 Å². The van der Waals surface area contributed by atoms with E-state index in [0.717, 1.165) is 37.2 Å². The van der Waals surface area contributed by atoms with Crippen molar-refractivity contribution in [1.29, 1.82) is 5.26 Å². The number of benzene rings is 2. The smallest absolute Gasteiger partial charge is 0.152 e. The van der Waals surface area contributed by atoms with Gasteiger partial charge in [0.1, 0.15) is 17.4 Å². The van der Waals surface area contributed by atoms with Crippen LogP contribution in [0.25, 0.3) is 16.6 Å². The molecule has 6 nitrogen and oxygen atoms in total. The number of aromatic amines is 1. The number of fused-ring (bicyclic) bond motifs is 1. The van der Waals surface area contributed by atoms with E-state index in [9.17, 15) is 10.4 Å². The molecule has 0 saturated carbocycles. The lowest BCUT2D eigenvalue weighted by atomic mass is 10.1. The maximum Gasteiger partial charge on any atom is 0.152 e. The van der Waals surface area contributed by atoms with Gasteiger partial charge in [0.15, 0.2) is 5.82 Å². The van der Waals surface area contributed by atoms with E-state index in [1.165, 1.54) is 5.69 Å². The summed E-state index contributed by atoms with van der Waals surface area (Å²) in [5.41, 5.74) is 3.05. The molecule has 1 aromatic heterocycles. The molecular weight excluding hydrogens is 350 g/mol. The Kier molecular flexibility index (Phi) is 5.00. The van der Waals surface area contributed by atoms with Gasteiger partial charge in [-0.05, 0) is 31.2 Å². The first kappa shape index (κ1) is 18.1. The first-order valence-electron chi connectivity index (χ1n) is 9.50. The molecule has 6 heteroatoms. The number of hydrogen-bond acceptors (Lipinski definition) is 5. The van der Waals surface area contributed by atoms with Crippen molar-refractivity contribution in [2.45, 2.75) is 13.0 Å². The highest BCUT2D eigenvalue weighted by Gasteiger charge is 2.26. The van der Waals surface area contributed by atoms with Crippen molar-refractivity contribution in [1.82, 2.24) is 14.9 Å². The molecule has 1 aliphatic rings. The first-order chi connectivity index (χ1) is 13.7. The van der Waals surface area contributed by atoms with E-state index in [4.69, 9.17) is 0 Å². The van der Waals surface area contributed by atoms with Crippen LogP contribution in [-0.2, 0) is 0 Å². The van der Waals surface area contributed by atoms with Crippen LogP contribution < -0.4 is 4.90 Å². The number of imidazole rings is 1. The van der Waals surface area contributed by atoms with Crippen molar-refractivity contribution >= 4 is 22.3 Å². The van der Waals surface area contributed by atoms with E-state index in [0.29, 0.717) is 5.82 Å². The average Bonchev–Trinajstić information content (AvgIpc) is 3.18. The fraction of sp³-hybridized carbons (Fsp3) is 0.273. The number of piperazine rings is 1. The van der Waals surface area contributed by atoms with Gasteiger partial charge in [-0.25, -0.2) is 4.98 Å². The van der Waals surface area contributed by atoms with Crippen LogP contribution in [0.1, 0.15) is 12.7 Å². The molecule has 3 aromatic rings. The Morgan fingerprint density at radius 3 is 2.43 bits per heavy atom. The normalized spacial score (nSPS) is 17.2. The van der Waals surface area contributed by atoms with Crippen molar-refractivity contribution in [3.05, 3.63) is 66.2 Å². The van der Waals surface area contributed by atoms with E-state index in [1.807, 2.05) is 49.4 Å². The second-order valence-electron chi connectivity index (χ2n) is 7.01. The fourth-order valence-corrected chi connectivity index (χ4v) is 3.69. The molecule has 0 unspecified atom stereocenters. The van der Waals surface area contributed by atoms with Crippen LogP contribution in [0.2, 0.25) is 0 Å². The molecule has 2 aromatic carbocycles. The van der Waals surface area contributed by atoms with Crippen molar-refractivity contribution in [2.24, 2.45) is 0 Å². The van der Waals surface area contributed by atoms with E-state index < -0.39 is 0 Å². The summed E-state index contributed by atoms with van der Waals surface area (Å²) in [4.78, 5) is 12.1. The molecule has 1 aliphatic heterocycles. The Hall–Kier alpha value is -3.30. The molecule has 4 rings (SSSR count). The molecule has 0 spiro atoms. The molecule has 0 aliphatic carbocycles. The lowest BCUT2D eigenvalue weighted by Crippen LogP contribution is -2.50. The minimum atomic E-state index is -0.249. The summed E-state index contributed by atoms with van der Waals surface area (Å²) in [7, 11) is 0. The van der Waals surface area contributed by atoms with Gasteiger partial charge in [-0.1, -0.05) is 30.3 Å².